The van der Waals surface area contributed by atoms with E-state index in [9.17, 15) is 4.39 Å². The van der Waals surface area contributed by atoms with Gasteiger partial charge in [-0.1, -0.05) is 0 Å². The van der Waals surface area contributed by atoms with Crippen molar-refractivity contribution >= 4 is 28.1 Å². The molecule has 2 N–H and O–H groups in total. The number of anilines is 1. The van der Waals surface area contributed by atoms with Gasteiger partial charge in [0.1, 0.15) is 11.6 Å². The van der Waals surface area contributed by atoms with Crippen LogP contribution in [0.1, 0.15) is 5.56 Å². The second kappa shape index (κ2) is 4.03. The summed E-state index contributed by atoms with van der Waals surface area (Å²) in [6.07, 6.45) is 0. The zero-order valence-electron chi connectivity index (χ0n) is 9.64. The molecule has 0 fully saturated rings. The average Bonchev–Trinajstić information content (AvgIpc) is 2.76. The second-order valence-corrected chi connectivity index (χ2v) is 4.81. The topological polar surface area (TPSA) is 51.8 Å². The first-order chi connectivity index (χ1) is 8.65. The van der Waals surface area contributed by atoms with Gasteiger partial charge >= 0.3 is 0 Å². The minimum absolute atomic E-state index is 0.306. The van der Waals surface area contributed by atoms with Gasteiger partial charge in [0.25, 0.3) is 0 Å². The van der Waals surface area contributed by atoms with Crippen LogP contribution in [0.4, 0.5) is 10.2 Å². The summed E-state index contributed by atoms with van der Waals surface area (Å²) in [4.78, 5) is 8.68. The lowest BCUT2D eigenvalue weighted by Gasteiger charge is -2.05. The van der Waals surface area contributed by atoms with Gasteiger partial charge < -0.3 is 5.73 Å². The highest BCUT2D eigenvalue weighted by atomic mass is 32.1. The normalized spacial score (nSPS) is 11.0. The predicted octanol–water partition coefficient (Wildman–Crippen LogP) is 3.39. The number of nitrogens with zero attached hydrogens (tertiary/aromatic N) is 2. The minimum atomic E-state index is -0.336. The molecular weight excluding hydrogens is 249 g/mol. The molecule has 3 aromatic rings. The molecule has 0 bridgehead atoms. The van der Waals surface area contributed by atoms with Crippen LogP contribution in [-0.4, -0.2) is 9.97 Å². The highest BCUT2D eigenvalue weighted by molar-refractivity contribution is 7.08. The lowest BCUT2D eigenvalue weighted by molar-refractivity contribution is 0.629. The summed E-state index contributed by atoms with van der Waals surface area (Å²) < 4.78 is 13.1. The molecule has 3 rings (SSSR count). The number of nitrogens with two attached hydrogens (primary N) is 1. The maximum Gasteiger partial charge on any atom is 0.163 e. The number of rotatable bonds is 1. The van der Waals surface area contributed by atoms with Crippen molar-refractivity contribution in [3.8, 4) is 11.4 Å². The maximum atomic E-state index is 13.1. The molecule has 0 radical (unpaired) electrons. The number of aromatic nitrogens is 2. The fourth-order valence-electron chi connectivity index (χ4n) is 1.83. The van der Waals surface area contributed by atoms with Crippen molar-refractivity contribution < 1.29 is 4.39 Å². The number of hydrogen-bond acceptors (Lipinski definition) is 4. The third-order valence-corrected chi connectivity index (χ3v) is 3.65. The SMILES string of the molecule is Cc1cscc1-c1nc(N)c2cc(F)ccc2n1. The van der Waals surface area contributed by atoms with Gasteiger partial charge in [-0.15, -0.1) is 0 Å². The molecule has 0 aliphatic rings. The Morgan fingerprint density at radius 1 is 1.22 bits per heavy atom. The summed E-state index contributed by atoms with van der Waals surface area (Å²) in [5.74, 6) is 0.558. The molecule has 0 saturated heterocycles. The molecule has 0 atom stereocenters. The largest absolute Gasteiger partial charge is 0.383 e. The van der Waals surface area contributed by atoms with Gasteiger partial charge in [-0.25, -0.2) is 14.4 Å². The molecule has 0 spiro atoms. The molecule has 2 aromatic heterocycles. The van der Waals surface area contributed by atoms with Crippen LogP contribution in [0.5, 0.6) is 0 Å². The van der Waals surface area contributed by atoms with Gasteiger partial charge in [0.2, 0.25) is 0 Å². The zero-order valence-corrected chi connectivity index (χ0v) is 10.5. The Morgan fingerprint density at radius 3 is 2.78 bits per heavy atom. The number of aryl methyl sites for hydroxylation is 1. The van der Waals surface area contributed by atoms with Gasteiger partial charge in [-0.2, -0.15) is 11.3 Å². The predicted molar refractivity (Wildman–Crippen MR) is 72.0 cm³/mol. The molecule has 0 amide bonds. The maximum absolute atomic E-state index is 13.1. The Balaban J connectivity index is 2.28. The first kappa shape index (κ1) is 11.1. The number of fused-ring (bicyclic) bond motifs is 1. The van der Waals surface area contributed by atoms with Crippen LogP contribution in [0.25, 0.3) is 22.3 Å². The standard InChI is InChI=1S/C13H10FN3S/c1-7-5-18-6-10(7)13-16-11-3-2-8(14)4-9(11)12(15)17-13/h2-6H,1H3,(H2,15,16,17). The van der Waals surface area contributed by atoms with E-state index in [1.807, 2.05) is 17.7 Å². The molecule has 3 nitrogen and oxygen atoms in total. The van der Waals surface area contributed by atoms with E-state index in [-0.39, 0.29) is 5.82 Å². The molecule has 18 heavy (non-hydrogen) atoms. The summed E-state index contributed by atoms with van der Waals surface area (Å²) in [5.41, 5.74) is 8.61. The van der Waals surface area contributed by atoms with Crippen molar-refractivity contribution in [2.75, 3.05) is 5.73 Å². The Labute approximate surface area is 107 Å². The quantitative estimate of drug-likeness (QED) is 0.728. The summed E-state index contributed by atoms with van der Waals surface area (Å²) in [6.45, 7) is 2.00. The number of thiophene rings is 1. The molecule has 2 heterocycles. The van der Waals surface area contributed by atoms with Crippen LogP contribution in [-0.2, 0) is 0 Å². The van der Waals surface area contributed by atoms with Crippen LogP contribution in [0.3, 0.4) is 0 Å². The fourth-order valence-corrected chi connectivity index (χ4v) is 2.66. The minimum Gasteiger partial charge on any atom is -0.383 e. The van der Waals surface area contributed by atoms with Gasteiger partial charge in [0.15, 0.2) is 5.82 Å². The smallest absolute Gasteiger partial charge is 0.163 e. The highest BCUT2D eigenvalue weighted by Crippen LogP contribution is 2.27. The van der Waals surface area contributed by atoms with Crippen LogP contribution in [0, 0.1) is 12.7 Å². The molecule has 90 valence electrons. The van der Waals surface area contributed by atoms with Crippen molar-refractivity contribution in [1.82, 2.24) is 9.97 Å². The molecular formula is C13H10FN3S. The van der Waals surface area contributed by atoms with Gasteiger partial charge in [-0.05, 0) is 36.1 Å². The van der Waals surface area contributed by atoms with E-state index < -0.39 is 0 Å². The van der Waals surface area contributed by atoms with Crippen molar-refractivity contribution in [2.24, 2.45) is 0 Å². The van der Waals surface area contributed by atoms with Crippen LogP contribution < -0.4 is 5.73 Å². The van der Waals surface area contributed by atoms with Crippen LogP contribution in [0.15, 0.2) is 29.0 Å². The van der Waals surface area contributed by atoms with Gasteiger partial charge in [0, 0.05) is 16.3 Å². The summed E-state index contributed by atoms with van der Waals surface area (Å²) in [7, 11) is 0. The average molecular weight is 259 g/mol. The Bertz CT molecular complexity index is 736. The lowest BCUT2D eigenvalue weighted by atomic mass is 10.2. The van der Waals surface area contributed by atoms with Gasteiger partial charge in [0.05, 0.1) is 5.52 Å². The molecule has 1 aromatic carbocycles. The number of hydrogen-bond donors (Lipinski definition) is 1. The molecule has 0 aliphatic carbocycles. The van der Waals surface area contributed by atoms with E-state index in [1.54, 1.807) is 17.4 Å². The monoisotopic (exact) mass is 259 g/mol. The van der Waals surface area contributed by atoms with Crippen molar-refractivity contribution in [1.29, 1.82) is 0 Å². The van der Waals surface area contributed by atoms with Crippen LogP contribution >= 0.6 is 11.3 Å². The fraction of sp³-hybridized carbons (Fsp3) is 0.0769. The van der Waals surface area contributed by atoms with Crippen molar-refractivity contribution in [2.45, 2.75) is 6.92 Å². The summed E-state index contributed by atoms with van der Waals surface area (Å²) >= 11 is 1.59. The van der Waals surface area contributed by atoms with E-state index in [0.717, 1.165) is 11.1 Å². The molecule has 0 unspecified atom stereocenters. The first-order valence-corrected chi connectivity index (χ1v) is 6.35. The number of nitrogen functional groups attached to an aromatic ring is 1. The summed E-state index contributed by atoms with van der Waals surface area (Å²) in [5, 5.41) is 4.56. The summed E-state index contributed by atoms with van der Waals surface area (Å²) in [6, 6.07) is 4.35. The van der Waals surface area contributed by atoms with E-state index in [4.69, 9.17) is 5.73 Å². The van der Waals surface area contributed by atoms with E-state index in [1.165, 1.54) is 12.1 Å². The first-order valence-electron chi connectivity index (χ1n) is 5.41. The molecule has 0 saturated carbocycles. The van der Waals surface area contributed by atoms with Gasteiger partial charge in [-0.3, -0.25) is 0 Å². The second-order valence-electron chi connectivity index (χ2n) is 4.06. The zero-order chi connectivity index (χ0) is 12.7. The van der Waals surface area contributed by atoms with E-state index in [2.05, 4.69) is 9.97 Å². The highest BCUT2D eigenvalue weighted by Gasteiger charge is 2.10. The van der Waals surface area contributed by atoms with Crippen molar-refractivity contribution in [3.05, 3.63) is 40.3 Å². The Kier molecular flexibility index (Phi) is 2.48. The molecule has 5 heteroatoms. The van der Waals surface area contributed by atoms with E-state index in [0.29, 0.717) is 22.5 Å². The molecule has 0 aliphatic heterocycles. The van der Waals surface area contributed by atoms with Crippen LogP contribution in [0.2, 0.25) is 0 Å². The number of benzene rings is 1. The van der Waals surface area contributed by atoms with Crippen molar-refractivity contribution in [3.63, 3.8) is 0 Å². The third kappa shape index (κ3) is 1.73. The lowest BCUT2D eigenvalue weighted by Crippen LogP contribution is -1.98. The van der Waals surface area contributed by atoms with E-state index >= 15 is 0 Å². The number of halogens is 1. The Morgan fingerprint density at radius 2 is 2.06 bits per heavy atom. The third-order valence-electron chi connectivity index (χ3n) is 2.78. The Hall–Kier alpha value is -2.01.